The van der Waals surface area contributed by atoms with Gasteiger partial charge < -0.3 is 20.7 Å². The number of pyridine rings is 1. The Kier molecular flexibility index (Phi) is 12.2. The van der Waals surface area contributed by atoms with E-state index in [1.54, 1.807) is 73.1 Å². The van der Waals surface area contributed by atoms with Crippen LogP contribution in [0.3, 0.4) is 0 Å². The number of rotatable bonds is 11. The van der Waals surface area contributed by atoms with Gasteiger partial charge in [0.1, 0.15) is 10.7 Å². The number of anilines is 2. The van der Waals surface area contributed by atoms with Crippen molar-refractivity contribution in [1.29, 1.82) is 0 Å². The Balaban J connectivity index is 1.31. The van der Waals surface area contributed by atoms with Crippen molar-refractivity contribution in [2.75, 3.05) is 17.7 Å². The maximum absolute atomic E-state index is 13.6. The molecule has 0 fully saturated rings. The molecule has 0 saturated heterocycles. The molecule has 11 heteroatoms. The molecule has 1 aliphatic carbocycles. The van der Waals surface area contributed by atoms with Crippen molar-refractivity contribution in [3.05, 3.63) is 112 Å². The first-order valence-electron chi connectivity index (χ1n) is 16.0. The minimum Gasteiger partial charge on any atom is -0.465 e. The summed E-state index contributed by atoms with van der Waals surface area (Å²) in [6, 6.07) is 19.4. The third-order valence-electron chi connectivity index (χ3n) is 7.86. The number of aryl methyl sites for hydroxylation is 1. The van der Waals surface area contributed by atoms with E-state index in [4.69, 9.17) is 4.74 Å². The largest absolute Gasteiger partial charge is 0.465 e. The molecule has 0 radical (unpaired) electrons. The number of hydrogen-bond donors (Lipinski definition) is 3. The molecule has 2 heterocycles. The first-order chi connectivity index (χ1) is 23.4. The fourth-order valence-corrected chi connectivity index (χ4v) is 7.71. The van der Waals surface area contributed by atoms with Crippen LogP contribution in [0.5, 0.6) is 0 Å². The van der Waals surface area contributed by atoms with Gasteiger partial charge in [0.15, 0.2) is 0 Å². The van der Waals surface area contributed by atoms with Crippen LogP contribution in [0.25, 0.3) is 6.08 Å². The van der Waals surface area contributed by atoms with Crippen LogP contribution < -0.4 is 16.0 Å². The summed E-state index contributed by atoms with van der Waals surface area (Å²) in [4.78, 5) is 58.9. The number of nitrogens with one attached hydrogen (secondary N) is 3. The topological polar surface area (TPSA) is 126 Å². The number of carbonyl (C=O) groups is 4. The minimum absolute atomic E-state index is 0.0483. The van der Waals surface area contributed by atoms with Crippen LogP contribution in [-0.2, 0) is 27.2 Å². The van der Waals surface area contributed by atoms with Gasteiger partial charge in [-0.15, -0.1) is 23.1 Å². The zero-order chi connectivity index (χ0) is 33.9. The van der Waals surface area contributed by atoms with Crippen molar-refractivity contribution in [3.63, 3.8) is 0 Å². The lowest BCUT2D eigenvalue weighted by molar-refractivity contribution is -0.116. The number of hydrogen-bond acceptors (Lipinski definition) is 8. The van der Waals surface area contributed by atoms with Crippen LogP contribution in [0.1, 0.15) is 75.7 Å². The molecule has 0 aliphatic heterocycles. The lowest BCUT2D eigenvalue weighted by Gasteiger charge is -2.16. The van der Waals surface area contributed by atoms with Crippen LogP contribution in [0.2, 0.25) is 0 Å². The maximum atomic E-state index is 13.6. The van der Waals surface area contributed by atoms with Gasteiger partial charge in [-0.3, -0.25) is 19.4 Å². The summed E-state index contributed by atoms with van der Waals surface area (Å²) in [5.41, 5.74) is 3.08. The number of thioether (sulfide) groups is 1. The van der Waals surface area contributed by atoms with Gasteiger partial charge in [0.2, 0.25) is 5.91 Å². The summed E-state index contributed by atoms with van der Waals surface area (Å²) >= 11 is 2.85. The van der Waals surface area contributed by atoms with E-state index in [2.05, 4.69) is 20.9 Å². The molecule has 1 atom stereocenters. The predicted molar refractivity (Wildman–Crippen MR) is 191 cm³/mol. The Labute approximate surface area is 288 Å². The molecule has 1 unspecified atom stereocenters. The summed E-state index contributed by atoms with van der Waals surface area (Å²) in [7, 11) is 1.37. The molecule has 2 aromatic carbocycles. The van der Waals surface area contributed by atoms with E-state index >= 15 is 0 Å². The molecule has 0 saturated carbocycles. The van der Waals surface area contributed by atoms with Gasteiger partial charge >= 0.3 is 5.97 Å². The zero-order valence-electron chi connectivity index (χ0n) is 26.9. The second kappa shape index (κ2) is 16.9. The monoisotopic (exact) mass is 682 g/mol. The molecule has 4 aromatic rings. The molecular weight excluding hydrogens is 645 g/mol. The molecule has 2 aromatic heterocycles. The van der Waals surface area contributed by atoms with Crippen LogP contribution >= 0.6 is 23.1 Å². The molecule has 0 bridgehead atoms. The van der Waals surface area contributed by atoms with E-state index < -0.39 is 23.0 Å². The average Bonchev–Trinajstić information content (AvgIpc) is 3.42. The molecule has 248 valence electrons. The Morgan fingerprint density at radius 2 is 1.75 bits per heavy atom. The Morgan fingerprint density at radius 3 is 2.48 bits per heavy atom. The Morgan fingerprint density at radius 1 is 0.958 bits per heavy atom. The number of carbonyl (C=O) groups excluding carboxylic acids is 4. The van der Waals surface area contributed by atoms with Crippen LogP contribution in [0.4, 0.5) is 10.7 Å². The summed E-state index contributed by atoms with van der Waals surface area (Å²) in [5.74, 6) is -1.57. The smallest absolute Gasteiger partial charge is 0.341 e. The van der Waals surface area contributed by atoms with Crippen molar-refractivity contribution in [1.82, 2.24) is 10.3 Å². The van der Waals surface area contributed by atoms with E-state index in [1.807, 2.05) is 19.1 Å². The number of aromatic nitrogens is 1. The molecule has 1 aliphatic rings. The van der Waals surface area contributed by atoms with Gasteiger partial charge in [0, 0.05) is 33.4 Å². The average molecular weight is 683 g/mol. The van der Waals surface area contributed by atoms with E-state index in [-0.39, 0.29) is 11.6 Å². The van der Waals surface area contributed by atoms with Crippen molar-refractivity contribution in [2.24, 2.45) is 0 Å². The Hall–Kier alpha value is -4.74. The predicted octanol–water partition coefficient (Wildman–Crippen LogP) is 7.51. The quantitative estimate of drug-likeness (QED) is 0.0849. The van der Waals surface area contributed by atoms with E-state index in [0.717, 1.165) is 53.9 Å². The number of ether oxygens (including phenoxy) is 1. The van der Waals surface area contributed by atoms with Gasteiger partial charge in [0.05, 0.1) is 17.9 Å². The standard InChI is InChI=1S/C37H38N4O5S2/c1-3-30(35(44)41-36-32(37(45)46-2)28-18-9-4-5-10-19-31(28)48-36)47-27-17-11-16-26(22-27)39-34(43)29(21-24-13-12-20-38-23-24)40-33(42)25-14-7-6-8-15-25/h6-8,11-17,20-23,30H,3-5,9-10,18-19H2,1-2H3,(H,39,43)(H,40,42)(H,41,44)/b29-21-. The maximum Gasteiger partial charge on any atom is 0.341 e. The lowest BCUT2D eigenvalue weighted by atomic mass is 9.96. The van der Waals surface area contributed by atoms with E-state index in [0.29, 0.717) is 33.8 Å². The van der Waals surface area contributed by atoms with Gasteiger partial charge in [-0.1, -0.05) is 50.1 Å². The van der Waals surface area contributed by atoms with E-state index in [1.165, 1.54) is 30.2 Å². The zero-order valence-corrected chi connectivity index (χ0v) is 28.5. The Bertz CT molecular complexity index is 1790. The first kappa shape index (κ1) is 34.6. The van der Waals surface area contributed by atoms with E-state index in [9.17, 15) is 19.2 Å². The molecule has 0 spiro atoms. The second-order valence-corrected chi connectivity index (χ2v) is 13.6. The number of nitrogens with zero attached hydrogens (tertiary/aromatic N) is 1. The fraction of sp³-hybridized carbons (Fsp3) is 0.270. The number of benzene rings is 2. The SMILES string of the molecule is CCC(Sc1cccc(NC(=O)/C(=C/c2cccnc2)NC(=O)c2ccccc2)c1)C(=O)Nc1sc2c(c1C(=O)OC)CCCCCC2. The number of thiophene rings is 1. The van der Waals surface area contributed by atoms with Crippen molar-refractivity contribution in [2.45, 2.75) is 62.0 Å². The first-order valence-corrected chi connectivity index (χ1v) is 17.7. The normalized spacial score (nSPS) is 13.7. The molecule has 3 amide bonds. The molecule has 3 N–H and O–H groups in total. The highest BCUT2D eigenvalue weighted by Gasteiger charge is 2.28. The van der Waals surface area contributed by atoms with Crippen molar-refractivity contribution >= 4 is 63.6 Å². The molecule has 9 nitrogen and oxygen atoms in total. The summed E-state index contributed by atoms with van der Waals surface area (Å²) in [5, 5.41) is 8.74. The summed E-state index contributed by atoms with van der Waals surface area (Å²) < 4.78 is 5.12. The highest BCUT2D eigenvalue weighted by Crippen LogP contribution is 2.38. The third-order valence-corrected chi connectivity index (χ3v) is 10.4. The molecule has 48 heavy (non-hydrogen) atoms. The van der Waals surface area contributed by atoms with Gasteiger partial charge in [-0.2, -0.15) is 0 Å². The van der Waals surface area contributed by atoms with Gasteiger partial charge in [-0.05, 0) is 85.7 Å². The number of fused-ring (bicyclic) bond motifs is 1. The summed E-state index contributed by atoms with van der Waals surface area (Å²) in [6.07, 6.45) is 11.3. The van der Waals surface area contributed by atoms with Crippen LogP contribution in [0.15, 0.2) is 89.7 Å². The van der Waals surface area contributed by atoms with Crippen LogP contribution in [-0.4, -0.2) is 41.0 Å². The lowest BCUT2D eigenvalue weighted by Crippen LogP contribution is -2.30. The van der Waals surface area contributed by atoms with Gasteiger partial charge in [0.25, 0.3) is 11.8 Å². The number of methoxy groups -OCH3 is 1. The number of esters is 1. The second-order valence-electron chi connectivity index (χ2n) is 11.3. The third kappa shape index (κ3) is 8.99. The molecular formula is C37H38N4O5S2. The highest BCUT2D eigenvalue weighted by molar-refractivity contribution is 8.00. The highest BCUT2D eigenvalue weighted by atomic mass is 32.2. The fourth-order valence-electron chi connectivity index (χ4n) is 5.42. The van der Waals surface area contributed by atoms with Crippen LogP contribution in [0, 0.1) is 0 Å². The minimum atomic E-state index is -0.515. The number of amides is 3. The summed E-state index contributed by atoms with van der Waals surface area (Å²) in [6.45, 7) is 1.93. The van der Waals surface area contributed by atoms with Crippen molar-refractivity contribution in [3.8, 4) is 0 Å². The van der Waals surface area contributed by atoms with Crippen molar-refractivity contribution < 1.29 is 23.9 Å². The molecule has 5 rings (SSSR count). The van der Waals surface area contributed by atoms with Gasteiger partial charge in [-0.25, -0.2) is 4.79 Å².